The lowest BCUT2D eigenvalue weighted by Crippen LogP contribution is -2.39. The average molecular weight is 265 g/mol. The van der Waals surface area contributed by atoms with Gasteiger partial charge in [0.1, 0.15) is 9.84 Å². The van der Waals surface area contributed by atoms with Crippen LogP contribution in [0.4, 0.5) is 0 Å². The van der Waals surface area contributed by atoms with E-state index in [1.54, 1.807) is 6.92 Å². The van der Waals surface area contributed by atoms with Gasteiger partial charge in [-0.25, -0.2) is 8.42 Å². The van der Waals surface area contributed by atoms with Crippen molar-refractivity contribution in [2.75, 3.05) is 18.6 Å². The fourth-order valence-corrected chi connectivity index (χ4v) is 2.22. The fourth-order valence-electron chi connectivity index (χ4n) is 1.55. The Bertz CT molecular complexity index is 315. The predicted molar refractivity (Wildman–Crippen MR) is 71.9 cm³/mol. The first-order chi connectivity index (χ1) is 7.41. The van der Waals surface area contributed by atoms with E-state index in [-0.39, 0.29) is 11.3 Å². The van der Waals surface area contributed by atoms with E-state index >= 15 is 0 Å². The Morgan fingerprint density at radius 3 is 2.06 bits per heavy atom. The lowest BCUT2D eigenvalue weighted by molar-refractivity contribution is 0.0403. The van der Waals surface area contributed by atoms with Crippen LogP contribution in [0.5, 0.6) is 0 Å². The molecule has 0 aromatic rings. The number of rotatable bonds is 7. The molecule has 0 rings (SSSR count). The molecule has 0 aromatic heterocycles. The van der Waals surface area contributed by atoms with Crippen molar-refractivity contribution in [3.63, 3.8) is 0 Å². The van der Waals surface area contributed by atoms with E-state index in [0.717, 1.165) is 6.54 Å². The molecule has 1 atom stereocenters. The first-order valence-electron chi connectivity index (χ1n) is 6.06. The number of aliphatic hydroxyl groups is 1. The Morgan fingerprint density at radius 1 is 1.12 bits per heavy atom. The molecule has 0 spiro atoms. The first-order valence-corrected chi connectivity index (χ1v) is 8.13. The molecule has 0 radical (unpaired) electrons. The zero-order valence-electron chi connectivity index (χ0n) is 11.7. The summed E-state index contributed by atoms with van der Waals surface area (Å²) < 4.78 is 21.9. The SMILES string of the molecule is CC(O)(CCCS(C)(=O)=O)CCNC(C)(C)C. The van der Waals surface area contributed by atoms with Crippen molar-refractivity contribution in [3.8, 4) is 0 Å². The van der Waals surface area contributed by atoms with Gasteiger partial charge in [-0.3, -0.25) is 0 Å². The predicted octanol–water partition coefficient (Wildman–Crippen LogP) is 1.34. The number of nitrogens with one attached hydrogen (secondary N) is 1. The Morgan fingerprint density at radius 2 is 1.65 bits per heavy atom. The van der Waals surface area contributed by atoms with Gasteiger partial charge in [0, 0.05) is 17.5 Å². The monoisotopic (exact) mass is 265 g/mol. The molecule has 0 aliphatic heterocycles. The number of hydrogen-bond acceptors (Lipinski definition) is 4. The topological polar surface area (TPSA) is 66.4 Å². The first kappa shape index (κ1) is 16.9. The summed E-state index contributed by atoms with van der Waals surface area (Å²) in [6.45, 7) is 8.72. The van der Waals surface area contributed by atoms with Crippen molar-refractivity contribution in [1.29, 1.82) is 0 Å². The molecule has 17 heavy (non-hydrogen) atoms. The van der Waals surface area contributed by atoms with Gasteiger partial charge in [0.15, 0.2) is 0 Å². The van der Waals surface area contributed by atoms with Crippen LogP contribution in [-0.2, 0) is 9.84 Å². The highest BCUT2D eigenvalue weighted by Crippen LogP contribution is 2.17. The van der Waals surface area contributed by atoms with Crippen molar-refractivity contribution in [2.24, 2.45) is 0 Å². The largest absolute Gasteiger partial charge is 0.390 e. The van der Waals surface area contributed by atoms with Crippen molar-refractivity contribution in [3.05, 3.63) is 0 Å². The summed E-state index contributed by atoms with van der Waals surface area (Å²) >= 11 is 0. The van der Waals surface area contributed by atoms with Crippen LogP contribution in [0.2, 0.25) is 0 Å². The van der Waals surface area contributed by atoms with Crippen LogP contribution in [0.15, 0.2) is 0 Å². The molecule has 0 aromatic carbocycles. The maximum Gasteiger partial charge on any atom is 0.147 e. The summed E-state index contributed by atoms with van der Waals surface area (Å²) in [5.41, 5.74) is -0.744. The smallest absolute Gasteiger partial charge is 0.147 e. The van der Waals surface area contributed by atoms with Gasteiger partial charge in [-0.15, -0.1) is 0 Å². The fraction of sp³-hybridized carbons (Fsp3) is 1.00. The maximum absolute atomic E-state index is 11.0. The molecule has 0 fully saturated rings. The van der Waals surface area contributed by atoms with E-state index in [1.165, 1.54) is 6.26 Å². The van der Waals surface area contributed by atoms with Crippen LogP contribution < -0.4 is 5.32 Å². The van der Waals surface area contributed by atoms with Crippen molar-refractivity contribution in [2.45, 2.75) is 58.1 Å². The van der Waals surface area contributed by atoms with Gasteiger partial charge in [-0.1, -0.05) is 0 Å². The summed E-state index contributed by atoms with van der Waals surface area (Å²) in [5.74, 6) is 0.149. The third-order valence-corrected chi connectivity index (χ3v) is 3.58. The summed E-state index contributed by atoms with van der Waals surface area (Å²) in [4.78, 5) is 0. The second-order valence-corrected chi connectivity index (χ2v) is 8.42. The molecule has 0 amide bonds. The molecule has 0 saturated heterocycles. The second kappa shape index (κ2) is 6.16. The van der Waals surface area contributed by atoms with Crippen molar-refractivity contribution >= 4 is 9.84 Å². The third kappa shape index (κ3) is 12.1. The lowest BCUT2D eigenvalue weighted by atomic mass is 9.96. The second-order valence-electron chi connectivity index (χ2n) is 6.16. The molecule has 4 nitrogen and oxygen atoms in total. The molecule has 2 N–H and O–H groups in total. The minimum absolute atomic E-state index is 0.0445. The Kier molecular flexibility index (Phi) is 6.11. The van der Waals surface area contributed by atoms with Crippen LogP contribution in [0.1, 0.15) is 47.0 Å². The third-order valence-electron chi connectivity index (χ3n) is 2.55. The standard InChI is InChI=1S/C12H27NO3S/c1-11(2,3)13-9-8-12(4,14)7-6-10-17(5,15)16/h13-14H,6-10H2,1-5H3. The van der Waals surface area contributed by atoms with Gasteiger partial charge in [0.25, 0.3) is 0 Å². The van der Waals surface area contributed by atoms with E-state index in [1.807, 2.05) is 0 Å². The molecule has 0 bridgehead atoms. The lowest BCUT2D eigenvalue weighted by Gasteiger charge is -2.27. The molecule has 0 heterocycles. The van der Waals surface area contributed by atoms with E-state index in [0.29, 0.717) is 19.3 Å². The molecular formula is C12H27NO3S. The molecule has 1 unspecified atom stereocenters. The van der Waals surface area contributed by atoms with Gasteiger partial charge < -0.3 is 10.4 Å². The van der Waals surface area contributed by atoms with Gasteiger partial charge >= 0.3 is 0 Å². The molecule has 5 heteroatoms. The van der Waals surface area contributed by atoms with Gasteiger partial charge in [-0.2, -0.15) is 0 Å². The highest BCUT2D eigenvalue weighted by Gasteiger charge is 2.21. The molecule has 0 aliphatic carbocycles. The summed E-state index contributed by atoms with van der Waals surface area (Å²) in [6.07, 6.45) is 2.89. The highest BCUT2D eigenvalue weighted by molar-refractivity contribution is 7.90. The number of sulfone groups is 1. The van der Waals surface area contributed by atoms with E-state index in [4.69, 9.17) is 0 Å². The normalized spacial score (nSPS) is 16.8. The van der Waals surface area contributed by atoms with Crippen LogP contribution >= 0.6 is 0 Å². The van der Waals surface area contributed by atoms with E-state index in [2.05, 4.69) is 26.1 Å². The average Bonchev–Trinajstić information content (AvgIpc) is 1.96. The van der Waals surface area contributed by atoms with E-state index in [9.17, 15) is 13.5 Å². The summed E-state index contributed by atoms with van der Waals surface area (Å²) in [7, 11) is -2.92. The molecular weight excluding hydrogens is 238 g/mol. The Hall–Kier alpha value is -0.130. The molecule has 0 saturated carbocycles. The van der Waals surface area contributed by atoms with Gasteiger partial charge in [0.05, 0.1) is 5.60 Å². The van der Waals surface area contributed by atoms with Crippen molar-refractivity contribution < 1.29 is 13.5 Å². The molecule has 0 aliphatic rings. The van der Waals surface area contributed by atoms with E-state index < -0.39 is 15.4 Å². The number of hydrogen-bond donors (Lipinski definition) is 2. The molecule has 104 valence electrons. The van der Waals surface area contributed by atoms with Crippen LogP contribution in [0, 0.1) is 0 Å². The Balaban J connectivity index is 3.88. The van der Waals surface area contributed by atoms with Crippen LogP contribution in [-0.4, -0.2) is 43.2 Å². The minimum atomic E-state index is -2.92. The maximum atomic E-state index is 11.0. The quantitative estimate of drug-likeness (QED) is 0.729. The van der Waals surface area contributed by atoms with Gasteiger partial charge in [-0.05, 0) is 53.5 Å². The zero-order chi connectivity index (χ0) is 13.7. The highest BCUT2D eigenvalue weighted by atomic mass is 32.2. The van der Waals surface area contributed by atoms with Crippen LogP contribution in [0.3, 0.4) is 0 Å². The summed E-state index contributed by atoms with van der Waals surface area (Å²) in [6, 6.07) is 0. The van der Waals surface area contributed by atoms with Crippen molar-refractivity contribution in [1.82, 2.24) is 5.32 Å². The van der Waals surface area contributed by atoms with Crippen LogP contribution in [0.25, 0.3) is 0 Å². The Labute approximate surface area is 106 Å². The van der Waals surface area contributed by atoms with Gasteiger partial charge in [0.2, 0.25) is 0 Å². The zero-order valence-corrected chi connectivity index (χ0v) is 12.5. The summed E-state index contributed by atoms with van der Waals surface area (Å²) in [5, 5.41) is 13.4. The minimum Gasteiger partial charge on any atom is -0.390 e.